The number of rotatable bonds is 6. The number of nitrogens with two attached hydrogens (primary N) is 1. The Kier molecular flexibility index (Phi) is 8.30. The Hall–Kier alpha value is -1.17. The number of hydrogen-bond donors (Lipinski definition) is 2. The second-order valence-corrected chi connectivity index (χ2v) is 4.38. The van der Waals surface area contributed by atoms with E-state index in [-0.39, 0.29) is 30.2 Å². The van der Waals surface area contributed by atoms with Crippen LogP contribution in [0.2, 0.25) is 0 Å². The Morgan fingerprint density at radius 2 is 2.16 bits per heavy atom. The fourth-order valence-electron chi connectivity index (χ4n) is 1.74. The molecular formula is C13H21ClFN3O. The summed E-state index contributed by atoms with van der Waals surface area (Å²) in [5.74, 6) is -0.353. The highest BCUT2D eigenvalue weighted by atomic mass is 35.5. The van der Waals surface area contributed by atoms with Gasteiger partial charge >= 0.3 is 0 Å². The average Bonchev–Trinajstić information content (AvgIpc) is 2.29. The Morgan fingerprint density at radius 3 is 2.68 bits per heavy atom. The van der Waals surface area contributed by atoms with Gasteiger partial charge in [0.05, 0.1) is 6.04 Å². The number of halogens is 2. The number of nitrogens with one attached hydrogen (secondary N) is 1. The summed E-state index contributed by atoms with van der Waals surface area (Å²) in [5.41, 5.74) is 6.15. The van der Waals surface area contributed by atoms with Crippen molar-refractivity contribution in [2.45, 2.75) is 12.5 Å². The first-order valence-electron chi connectivity index (χ1n) is 5.93. The third-order valence-corrected chi connectivity index (χ3v) is 2.72. The molecule has 0 spiro atoms. The van der Waals surface area contributed by atoms with E-state index in [9.17, 15) is 9.18 Å². The highest BCUT2D eigenvalue weighted by Crippen LogP contribution is 2.18. The SMILES string of the molecule is CN(C)C(CNC(=O)CCN)c1cccc(F)c1.Cl. The van der Waals surface area contributed by atoms with Crippen molar-refractivity contribution in [3.63, 3.8) is 0 Å². The van der Waals surface area contributed by atoms with Crippen molar-refractivity contribution >= 4 is 18.3 Å². The van der Waals surface area contributed by atoms with Gasteiger partial charge in [-0.05, 0) is 31.8 Å². The van der Waals surface area contributed by atoms with Crippen LogP contribution in [0.1, 0.15) is 18.0 Å². The minimum absolute atomic E-state index is 0. The van der Waals surface area contributed by atoms with Crippen LogP contribution in [0.15, 0.2) is 24.3 Å². The van der Waals surface area contributed by atoms with E-state index in [0.29, 0.717) is 19.5 Å². The van der Waals surface area contributed by atoms with Crippen LogP contribution >= 0.6 is 12.4 Å². The molecule has 0 aromatic heterocycles. The quantitative estimate of drug-likeness (QED) is 0.830. The first-order chi connectivity index (χ1) is 8.54. The number of amides is 1. The van der Waals surface area contributed by atoms with Crippen LogP contribution in [-0.4, -0.2) is 38.0 Å². The lowest BCUT2D eigenvalue weighted by molar-refractivity contribution is -0.121. The normalized spacial score (nSPS) is 11.8. The van der Waals surface area contributed by atoms with Gasteiger partial charge in [0, 0.05) is 19.5 Å². The van der Waals surface area contributed by atoms with Crippen molar-refractivity contribution in [3.05, 3.63) is 35.6 Å². The van der Waals surface area contributed by atoms with E-state index in [1.165, 1.54) is 12.1 Å². The fraction of sp³-hybridized carbons (Fsp3) is 0.462. The molecule has 0 aliphatic heterocycles. The summed E-state index contributed by atoms with van der Waals surface area (Å²) in [7, 11) is 3.79. The molecule has 0 aliphatic carbocycles. The molecule has 1 aromatic carbocycles. The van der Waals surface area contributed by atoms with Crippen molar-refractivity contribution in [3.8, 4) is 0 Å². The first kappa shape index (κ1) is 17.8. The van der Waals surface area contributed by atoms with Gasteiger partial charge in [-0.2, -0.15) is 0 Å². The zero-order valence-corrected chi connectivity index (χ0v) is 12.0. The number of benzene rings is 1. The first-order valence-corrected chi connectivity index (χ1v) is 5.93. The van der Waals surface area contributed by atoms with Gasteiger partial charge in [-0.1, -0.05) is 12.1 Å². The maximum absolute atomic E-state index is 13.2. The molecule has 3 N–H and O–H groups in total. The zero-order valence-electron chi connectivity index (χ0n) is 11.2. The van der Waals surface area contributed by atoms with E-state index >= 15 is 0 Å². The molecule has 1 amide bonds. The maximum Gasteiger partial charge on any atom is 0.221 e. The van der Waals surface area contributed by atoms with Crippen molar-refractivity contribution in [2.75, 3.05) is 27.2 Å². The van der Waals surface area contributed by atoms with Crippen molar-refractivity contribution < 1.29 is 9.18 Å². The van der Waals surface area contributed by atoms with Crippen LogP contribution in [0.25, 0.3) is 0 Å². The third-order valence-electron chi connectivity index (χ3n) is 2.72. The van der Waals surface area contributed by atoms with Crippen LogP contribution < -0.4 is 11.1 Å². The Labute approximate surface area is 119 Å². The molecule has 19 heavy (non-hydrogen) atoms. The highest BCUT2D eigenvalue weighted by Gasteiger charge is 2.15. The molecular weight excluding hydrogens is 269 g/mol. The lowest BCUT2D eigenvalue weighted by atomic mass is 10.1. The monoisotopic (exact) mass is 289 g/mol. The molecule has 1 atom stereocenters. The summed E-state index contributed by atoms with van der Waals surface area (Å²) >= 11 is 0. The van der Waals surface area contributed by atoms with E-state index in [1.807, 2.05) is 25.1 Å². The van der Waals surface area contributed by atoms with Crippen molar-refractivity contribution in [1.29, 1.82) is 0 Å². The highest BCUT2D eigenvalue weighted by molar-refractivity contribution is 5.85. The second kappa shape index (κ2) is 8.85. The lowest BCUT2D eigenvalue weighted by Gasteiger charge is -2.25. The minimum atomic E-state index is -0.271. The topological polar surface area (TPSA) is 58.4 Å². The number of hydrogen-bond acceptors (Lipinski definition) is 3. The van der Waals surface area contributed by atoms with Crippen LogP contribution in [0.4, 0.5) is 4.39 Å². The van der Waals surface area contributed by atoms with Crippen LogP contribution in [0.5, 0.6) is 0 Å². The molecule has 0 saturated carbocycles. The largest absolute Gasteiger partial charge is 0.354 e. The third kappa shape index (κ3) is 6.00. The van der Waals surface area contributed by atoms with Gasteiger partial charge in [-0.15, -0.1) is 12.4 Å². The van der Waals surface area contributed by atoms with E-state index < -0.39 is 0 Å². The molecule has 1 rings (SSSR count). The lowest BCUT2D eigenvalue weighted by Crippen LogP contribution is -2.35. The summed E-state index contributed by atoms with van der Waals surface area (Å²) in [6.07, 6.45) is 0.309. The summed E-state index contributed by atoms with van der Waals surface area (Å²) in [5, 5.41) is 2.80. The van der Waals surface area contributed by atoms with Gasteiger partial charge in [0.2, 0.25) is 5.91 Å². The van der Waals surface area contributed by atoms with Gasteiger partial charge < -0.3 is 16.0 Å². The van der Waals surface area contributed by atoms with E-state index in [2.05, 4.69) is 5.32 Å². The second-order valence-electron chi connectivity index (χ2n) is 4.38. The fourth-order valence-corrected chi connectivity index (χ4v) is 1.74. The van der Waals surface area contributed by atoms with Crippen molar-refractivity contribution in [2.24, 2.45) is 5.73 Å². The number of carbonyl (C=O) groups is 1. The predicted octanol–water partition coefficient (Wildman–Crippen LogP) is 1.32. The molecule has 0 radical (unpaired) electrons. The molecule has 6 heteroatoms. The average molecular weight is 290 g/mol. The molecule has 0 bridgehead atoms. The molecule has 0 fully saturated rings. The van der Waals surface area contributed by atoms with Crippen LogP contribution in [-0.2, 0) is 4.79 Å². The standard InChI is InChI=1S/C13H20FN3O.ClH/c1-17(2)12(9-16-13(18)6-7-15)10-4-3-5-11(14)8-10;/h3-5,8,12H,6-7,9,15H2,1-2H3,(H,16,18);1H. The van der Waals surface area contributed by atoms with E-state index in [0.717, 1.165) is 5.56 Å². The Morgan fingerprint density at radius 1 is 1.47 bits per heavy atom. The number of carbonyl (C=O) groups excluding carboxylic acids is 1. The number of likely N-dealkylation sites (N-methyl/N-ethyl adjacent to an activating group) is 1. The smallest absolute Gasteiger partial charge is 0.221 e. The summed E-state index contributed by atoms with van der Waals surface area (Å²) in [6.45, 7) is 0.772. The van der Waals surface area contributed by atoms with E-state index in [1.54, 1.807) is 6.07 Å². The molecule has 1 unspecified atom stereocenters. The summed E-state index contributed by atoms with van der Waals surface area (Å²) in [4.78, 5) is 13.3. The molecule has 0 saturated heterocycles. The van der Waals surface area contributed by atoms with Gasteiger partial charge in [0.1, 0.15) is 5.82 Å². The number of nitrogens with zero attached hydrogens (tertiary/aromatic N) is 1. The molecule has 0 aliphatic rings. The molecule has 108 valence electrons. The van der Waals surface area contributed by atoms with Gasteiger partial charge in [0.15, 0.2) is 0 Å². The van der Waals surface area contributed by atoms with Gasteiger partial charge in [-0.3, -0.25) is 4.79 Å². The maximum atomic E-state index is 13.2. The summed E-state index contributed by atoms with van der Waals surface area (Å²) in [6, 6.07) is 6.36. The van der Waals surface area contributed by atoms with Gasteiger partial charge in [0.25, 0.3) is 0 Å². The molecule has 1 aromatic rings. The Balaban J connectivity index is 0.00000324. The van der Waals surface area contributed by atoms with E-state index in [4.69, 9.17) is 5.73 Å². The minimum Gasteiger partial charge on any atom is -0.354 e. The molecule has 0 heterocycles. The zero-order chi connectivity index (χ0) is 13.5. The molecule has 4 nitrogen and oxygen atoms in total. The van der Waals surface area contributed by atoms with Gasteiger partial charge in [-0.25, -0.2) is 4.39 Å². The van der Waals surface area contributed by atoms with Crippen LogP contribution in [0, 0.1) is 5.82 Å². The van der Waals surface area contributed by atoms with Crippen molar-refractivity contribution in [1.82, 2.24) is 10.2 Å². The Bertz CT molecular complexity index is 401. The predicted molar refractivity (Wildman–Crippen MR) is 76.8 cm³/mol. The summed E-state index contributed by atoms with van der Waals surface area (Å²) < 4.78 is 13.2. The van der Waals surface area contributed by atoms with Crippen LogP contribution in [0.3, 0.4) is 0 Å².